The van der Waals surface area contributed by atoms with Crippen LogP contribution in [0.2, 0.25) is 0 Å². The maximum atomic E-state index is 11.7. The number of carbonyl (C=O) groups is 1. The number of anilines is 1. The summed E-state index contributed by atoms with van der Waals surface area (Å²) in [5.74, 6) is 0.669. The van der Waals surface area contributed by atoms with Crippen molar-refractivity contribution in [1.82, 2.24) is 5.32 Å². The molecule has 0 atom stereocenters. The summed E-state index contributed by atoms with van der Waals surface area (Å²) in [7, 11) is 0. The number of urea groups is 1. The van der Waals surface area contributed by atoms with Crippen LogP contribution in [0.5, 0.6) is 0 Å². The van der Waals surface area contributed by atoms with Crippen LogP contribution in [-0.4, -0.2) is 12.6 Å². The number of carbonyl (C=O) groups excluding carboxylic acids is 1. The van der Waals surface area contributed by atoms with Gasteiger partial charge in [-0.1, -0.05) is 37.0 Å². The van der Waals surface area contributed by atoms with Gasteiger partial charge in [0, 0.05) is 12.2 Å². The zero-order chi connectivity index (χ0) is 12.8. The third-order valence-corrected chi connectivity index (χ3v) is 3.59. The van der Waals surface area contributed by atoms with Gasteiger partial charge in [0.2, 0.25) is 0 Å². The van der Waals surface area contributed by atoms with E-state index in [1.807, 2.05) is 31.2 Å². The number of benzene rings is 1. The van der Waals surface area contributed by atoms with Gasteiger partial charge >= 0.3 is 6.03 Å². The summed E-state index contributed by atoms with van der Waals surface area (Å²) in [5.41, 5.74) is 2.05. The van der Waals surface area contributed by atoms with Crippen LogP contribution < -0.4 is 10.6 Å². The van der Waals surface area contributed by atoms with Crippen molar-refractivity contribution in [3.8, 4) is 0 Å². The lowest BCUT2D eigenvalue weighted by molar-refractivity contribution is 0.247. The second kappa shape index (κ2) is 6.43. The van der Waals surface area contributed by atoms with Crippen molar-refractivity contribution in [3.05, 3.63) is 29.8 Å². The Kier molecular flexibility index (Phi) is 4.62. The summed E-state index contributed by atoms with van der Waals surface area (Å²) in [6.45, 7) is 2.84. The van der Waals surface area contributed by atoms with Gasteiger partial charge in [-0.05, 0) is 37.8 Å². The Hall–Kier alpha value is -1.51. The molecule has 3 heteroatoms. The normalized spacial score (nSPS) is 16.3. The third kappa shape index (κ3) is 4.06. The average molecular weight is 246 g/mol. The summed E-state index contributed by atoms with van der Waals surface area (Å²) in [4.78, 5) is 11.7. The number of rotatable bonds is 3. The monoisotopic (exact) mass is 246 g/mol. The molecule has 0 radical (unpaired) electrons. The second-order valence-corrected chi connectivity index (χ2v) is 5.21. The van der Waals surface area contributed by atoms with Crippen LogP contribution in [0.3, 0.4) is 0 Å². The molecule has 0 bridgehead atoms. The minimum absolute atomic E-state index is 0.0931. The Morgan fingerprint density at radius 2 is 1.83 bits per heavy atom. The SMILES string of the molecule is Cc1ccc(NC(=O)NCC2CCCCC2)cc1. The predicted octanol–water partition coefficient (Wildman–Crippen LogP) is 3.70. The van der Waals surface area contributed by atoms with Crippen LogP contribution in [0.25, 0.3) is 0 Å². The Bertz CT molecular complexity index is 380. The third-order valence-electron chi connectivity index (χ3n) is 3.59. The van der Waals surface area contributed by atoms with E-state index in [9.17, 15) is 4.79 Å². The molecule has 0 aromatic heterocycles. The first-order valence-corrected chi connectivity index (χ1v) is 6.85. The highest BCUT2D eigenvalue weighted by Crippen LogP contribution is 2.22. The molecule has 2 rings (SSSR count). The van der Waals surface area contributed by atoms with E-state index in [1.54, 1.807) is 0 Å². The molecule has 0 aliphatic heterocycles. The van der Waals surface area contributed by atoms with Gasteiger partial charge in [0.05, 0.1) is 0 Å². The van der Waals surface area contributed by atoms with Crippen molar-refractivity contribution in [1.29, 1.82) is 0 Å². The summed E-state index contributed by atoms with van der Waals surface area (Å²) in [6.07, 6.45) is 6.49. The molecule has 98 valence electrons. The van der Waals surface area contributed by atoms with Crippen molar-refractivity contribution < 1.29 is 4.79 Å². The predicted molar refractivity (Wildman–Crippen MR) is 74.8 cm³/mol. The van der Waals surface area contributed by atoms with Crippen molar-refractivity contribution in [3.63, 3.8) is 0 Å². The van der Waals surface area contributed by atoms with Gasteiger partial charge < -0.3 is 10.6 Å². The molecule has 2 amide bonds. The van der Waals surface area contributed by atoms with Crippen LogP contribution in [0, 0.1) is 12.8 Å². The van der Waals surface area contributed by atoms with E-state index in [-0.39, 0.29) is 6.03 Å². The minimum atomic E-state index is -0.0931. The average Bonchev–Trinajstić information content (AvgIpc) is 2.40. The van der Waals surface area contributed by atoms with Crippen LogP contribution in [0.15, 0.2) is 24.3 Å². The maximum absolute atomic E-state index is 11.7. The van der Waals surface area contributed by atoms with Gasteiger partial charge in [0.1, 0.15) is 0 Å². The van der Waals surface area contributed by atoms with Crippen molar-refractivity contribution >= 4 is 11.7 Å². The highest BCUT2D eigenvalue weighted by Gasteiger charge is 2.14. The van der Waals surface area contributed by atoms with Gasteiger partial charge in [0.25, 0.3) is 0 Å². The molecule has 3 nitrogen and oxygen atoms in total. The van der Waals surface area contributed by atoms with Crippen molar-refractivity contribution in [2.24, 2.45) is 5.92 Å². The molecule has 2 N–H and O–H groups in total. The molecule has 1 aromatic rings. The lowest BCUT2D eigenvalue weighted by atomic mass is 9.89. The van der Waals surface area contributed by atoms with Crippen molar-refractivity contribution in [2.45, 2.75) is 39.0 Å². The lowest BCUT2D eigenvalue weighted by Crippen LogP contribution is -2.33. The van der Waals surface area contributed by atoms with Crippen LogP contribution in [0.1, 0.15) is 37.7 Å². The van der Waals surface area contributed by atoms with Gasteiger partial charge in [-0.2, -0.15) is 0 Å². The van der Waals surface area contributed by atoms with Gasteiger partial charge in [-0.3, -0.25) is 0 Å². The Morgan fingerprint density at radius 1 is 1.17 bits per heavy atom. The molecule has 1 saturated carbocycles. The lowest BCUT2D eigenvalue weighted by Gasteiger charge is -2.21. The van der Waals surface area contributed by atoms with E-state index in [4.69, 9.17) is 0 Å². The fraction of sp³-hybridized carbons (Fsp3) is 0.533. The second-order valence-electron chi connectivity index (χ2n) is 5.21. The van der Waals surface area contributed by atoms with E-state index in [0.29, 0.717) is 5.92 Å². The smallest absolute Gasteiger partial charge is 0.319 e. The van der Waals surface area contributed by atoms with E-state index in [0.717, 1.165) is 12.2 Å². The zero-order valence-corrected chi connectivity index (χ0v) is 11.0. The molecular formula is C15H22N2O. The van der Waals surface area contributed by atoms with E-state index in [2.05, 4.69) is 10.6 Å². The van der Waals surface area contributed by atoms with Gasteiger partial charge in [0.15, 0.2) is 0 Å². The largest absolute Gasteiger partial charge is 0.338 e. The molecular weight excluding hydrogens is 224 g/mol. The van der Waals surface area contributed by atoms with Crippen LogP contribution in [0.4, 0.5) is 10.5 Å². The quantitative estimate of drug-likeness (QED) is 0.839. The number of amides is 2. The summed E-state index contributed by atoms with van der Waals surface area (Å²) >= 11 is 0. The van der Waals surface area contributed by atoms with E-state index < -0.39 is 0 Å². The topological polar surface area (TPSA) is 41.1 Å². The van der Waals surface area contributed by atoms with Gasteiger partial charge in [-0.25, -0.2) is 4.79 Å². The first-order chi connectivity index (χ1) is 8.74. The molecule has 0 saturated heterocycles. The molecule has 0 unspecified atom stereocenters. The van der Waals surface area contributed by atoms with E-state index >= 15 is 0 Å². The molecule has 1 fully saturated rings. The first kappa shape index (κ1) is 12.9. The molecule has 1 aromatic carbocycles. The fourth-order valence-electron chi connectivity index (χ4n) is 2.44. The van der Waals surface area contributed by atoms with Crippen LogP contribution >= 0.6 is 0 Å². The van der Waals surface area contributed by atoms with Crippen LogP contribution in [-0.2, 0) is 0 Å². The first-order valence-electron chi connectivity index (χ1n) is 6.85. The van der Waals surface area contributed by atoms with Crippen molar-refractivity contribution in [2.75, 3.05) is 11.9 Å². The number of hydrogen-bond acceptors (Lipinski definition) is 1. The minimum Gasteiger partial charge on any atom is -0.338 e. The summed E-state index contributed by atoms with van der Waals surface area (Å²) in [6, 6.07) is 7.75. The number of aryl methyl sites for hydroxylation is 1. The molecule has 0 heterocycles. The zero-order valence-electron chi connectivity index (χ0n) is 11.0. The molecule has 1 aliphatic carbocycles. The maximum Gasteiger partial charge on any atom is 0.319 e. The fourth-order valence-corrected chi connectivity index (χ4v) is 2.44. The highest BCUT2D eigenvalue weighted by atomic mass is 16.2. The highest BCUT2D eigenvalue weighted by molar-refractivity contribution is 5.89. The van der Waals surface area contributed by atoms with Gasteiger partial charge in [-0.15, -0.1) is 0 Å². The summed E-state index contributed by atoms with van der Waals surface area (Å²) < 4.78 is 0. The number of nitrogens with one attached hydrogen (secondary N) is 2. The Balaban J connectivity index is 1.73. The van der Waals surface area contributed by atoms with E-state index in [1.165, 1.54) is 37.7 Å². The molecule has 1 aliphatic rings. The Morgan fingerprint density at radius 3 is 2.50 bits per heavy atom. The number of hydrogen-bond donors (Lipinski definition) is 2. The Labute approximate surface area is 109 Å². The molecule has 0 spiro atoms. The standard InChI is InChI=1S/C15H22N2O/c1-12-7-9-14(10-8-12)17-15(18)16-11-13-5-3-2-4-6-13/h7-10,13H,2-6,11H2,1H3,(H2,16,17,18). The molecule has 18 heavy (non-hydrogen) atoms. The summed E-state index contributed by atoms with van der Waals surface area (Å²) in [5, 5.41) is 5.82.